The summed E-state index contributed by atoms with van der Waals surface area (Å²) >= 11 is 0. The number of aromatic amines is 1. The number of oxazole rings is 1. The Bertz CT molecular complexity index is 1380. The van der Waals surface area contributed by atoms with E-state index in [0.29, 0.717) is 35.6 Å². The Morgan fingerprint density at radius 2 is 1.88 bits per heavy atom. The molecule has 178 valence electrons. The summed E-state index contributed by atoms with van der Waals surface area (Å²) in [4.78, 5) is 28.9. The Balaban J connectivity index is 1.36. The van der Waals surface area contributed by atoms with E-state index < -0.39 is 23.2 Å². The Hall–Kier alpha value is -4.02. The summed E-state index contributed by atoms with van der Waals surface area (Å²) < 4.78 is 55.4. The van der Waals surface area contributed by atoms with Crippen molar-refractivity contribution in [1.82, 2.24) is 14.7 Å². The van der Waals surface area contributed by atoms with Crippen molar-refractivity contribution in [1.29, 1.82) is 0 Å². The van der Waals surface area contributed by atoms with Gasteiger partial charge in [-0.15, -0.1) is 0 Å². The number of benzene rings is 2. The molecule has 0 radical (unpaired) electrons. The Labute approximate surface area is 190 Å². The second-order valence-electron chi connectivity index (χ2n) is 7.55. The molecular weight excluding hydrogens is 455 g/mol. The second kappa shape index (κ2) is 9.46. The van der Waals surface area contributed by atoms with Crippen molar-refractivity contribution in [2.75, 3.05) is 0 Å². The zero-order valence-corrected chi connectivity index (χ0v) is 18.0. The highest BCUT2D eigenvalue weighted by molar-refractivity contribution is 5.54. The first kappa shape index (κ1) is 23.1. The molecule has 0 fully saturated rings. The largest absolute Gasteiger partial charge is 0.487 e. The predicted molar refractivity (Wildman–Crippen MR) is 114 cm³/mol. The molecule has 0 spiro atoms. The SMILES string of the molecule is Cc1oc(-c2ccc(C(F)(F)F)cc2)nc1COc1cccc(CCCn2oc(=O)[nH]c2=O)c1. The van der Waals surface area contributed by atoms with Gasteiger partial charge in [0.15, 0.2) is 0 Å². The molecule has 2 aromatic heterocycles. The van der Waals surface area contributed by atoms with Crippen LogP contribution in [0.2, 0.25) is 0 Å². The molecule has 0 aliphatic rings. The van der Waals surface area contributed by atoms with E-state index in [0.717, 1.165) is 22.4 Å². The van der Waals surface area contributed by atoms with Gasteiger partial charge in [0.25, 0.3) is 0 Å². The molecule has 8 nitrogen and oxygen atoms in total. The summed E-state index contributed by atoms with van der Waals surface area (Å²) in [5.74, 6) is 0.529. The predicted octanol–water partition coefficient (Wildman–Crippen LogP) is 4.32. The zero-order chi connectivity index (χ0) is 24.3. The number of halogens is 3. The molecule has 0 unspecified atom stereocenters. The number of hydrogen-bond acceptors (Lipinski definition) is 6. The number of hydrogen-bond donors (Lipinski definition) is 1. The molecule has 11 heteroatoms. The van der Waals surface area contributed by atoms with E-state index in [4.69, 9.17) is 13.7 Å². The monoisotopic (exact) mass is 475 g/mol. The summed E-state index contributed by atoms with van der Waals surface area (Å²) in [5.41, 5.74) is 0.600. The van der Waals surface area contributed by atoms with Gasteiger partial charge in [-0.05, 0) is 61.7 Å². The van der Waals surface area contributed by atoms with E-state index >= 15 is 0 Å². The van der Waals surface area contributed by atoms with Crippen LogP contribution in [0.1, 0.15) is 29.0 Å². The maximum atomic E-state index is 12.8. The van der Waals surface area contributed by atoms with Crippen LogP contribution in [-0.2, 0) is 25.7 Å². The van der Waals surface area contributed by atoms with E-state index in [1.807, 2.05) is 23.2 Å². The number of H-pyrrole nitrogens is 1. The third kappa shape index (κ3) is 5.48. The quantitative estimate of drug-likeness (QED) is 0.407. The van der Waals surface area contributed by atoms with Gasteiger partial charge in [0, 0.05) is 5.56 Å². The van der Waals surface area contributed by atoms with E-state index in [9.17, 15) is 22.8 Å². The number of nitrogens with zero attached hydrogens (tertiary/aromatic N) is 2. The molecule has 1 N–H and O–H groups in total. The van der Waals surface area contributed by atoms with Gasteiger partial charge >= 0.3 is 17.6 Å². The highest BCUT2D eigenvalue weighted by atomic mass is 19.4. The van der Waals surface area contributed by atoms with Gasteiger partial charge < -0.3 is 13.7 Å². The molecule has 0 aliphatic carbocycles. The lowest BCUT2D eigenvalue weighted by Crippen LogP contribution is -2.17. The van der Waals surface area contributed by atoms with E-state index in [1.54, 1.807) is 13.0 Å². The van der Waals surface area contributed by atoms with E-state index in [1.165, 1.54) is 12.1 Å². The smallest absolute Gasteiger partial charge is 0.440 e. The Kier molecular flexibility index (Phi) is 6.44. The molecular formula is C23H20F3N3O5. The number of rotatable bonds is 8. The van der Waals surface area contributed by atoms with Gasteiger partial charge in [0.2, 0.25) is 5.89 Å². The molecule has 0 aliphatic heterocycles. The molecule has 4 rings (SSSR count). The highest BCUT2D eigenvalue weighted by Crippen LogP contribution is 2.31. The van der Waals surface area contributed by atoms with Crippen LogP contribution in [0.5, 0.6) is 5.75 Å². The average Bonchev–Trinajstić information content (AvgIpc) is 3.32. The van der Waals surface area contributed by atoms with Gasteiger partial charge in [-0.2, -0.15) is 17.9 Å². The third-order valence-electron chi connectivity index (χ3n) is 5.08. The maximum Gasteiger partial charge on any atom is 0.440 e. The lowest BCUT2D eigenvalue weighted by atomic mass is 10.1. The summed E-state index contributed by atoms with van der Waals surface area (Å²) in [5, 5.41) is 0. The number of ether oxygens (including phenoxy) is 1. The van der Waals surface area contributed by atoms with Crippen molar-refractivity contribution in [2.24, 2.45) is 0 Å². The standard InChI is InChI=1S/C23H20F3N3O5/c1-14-19(27-20(33-14)16-7-9-17(10-8-16)23(24,25)26)13-32-18-6-2-4-15(12-18)5-3-11-29-21(30)28-22(31)34-29/h2,4,6-10,12H,3,5,11,13H2,1H3,(H,28,30,31). The molecule has 4 aromatic rings. The summed E-state index contributed by atoms with van der Waals surface area (Å²) in [6.07, 6.45) is -3.21. The zero-order valence-electron chi connectivity index (χ0n) is 18.0. The van der Waals surface area contributed by atoms with Crippen LogP contribution in [-0.4, -0.2) is 14.7 Å². The van der Waals surface area contributed by atoms with Gasteiger partial charge in [0.1, 0.15) is 23.8 Å². The lowest BCUT2D eigenvalue weighted by molar-refractivity contribution is -0.137. The minimum absolute atomic E-state index is 0.114. The minimum atomic E-state index is -4.41. The first-order chi connectivity index (χ1) is 16.2. The summed E-state index contributed by atoms with van der Waals surface area (Å²) in [6.45, 7) is 2.08. The molecule has 2 heterocycles. The normalized spacial score (nSPS) is 11.6. The fraction of sp³-hybridized carbons (Fsp3) is 0.261. The molecule has 0 saturated carbocycles. The van der Waals surface area contributed by atoms with Crippen molar-refractivity contribution in [3.8, 4) is 17.2 Å². The van der Waals surface area contributed by atoms with Crippen molar-refractivity contribution in [2.45, 2.75) is 39.1 Å². The molecule has 0 saturated heterocycles. The fourth-order valence-electron chi connectivity index (χ4n) is 3.32. The van der Waals surface area contributed by atoms with Crippen LogP contribution in [0.3, 0.4) is 0 Å². The van der Waals surface area contributed by atoms with Crippen molar-refractivity contribution in [3.05, 3.63) is 92.1 Å². The second-order valence-corrected chi connectivity index (χ2v) is 7.55. The lowest BCUT2D eigenvalue weighted by Gasteiger charge is -2.07. The number of aryl methyl sites for hydroxylation is 3. The molecule has 0 bridgehead atoms. The van der Waals surface area contributed by atoms with Gasteiger partial charge in [0.05, 0.1) is 12.1 Å². The van der Waals surface area contributed by atoms with Crippen LogP contribution in [0.25, 0.3) is 11.5 Å². The Morgan fingerprint density at radius 1 is 1.12 bits per heavy atom. The van der Waals surface area contributed by atoms with Gasteiger partial charge in [-0.25, -0.2) is 19.6 Å². The van der Waals surface area contributed by atoms with Gasteiger partial charge in [-0.3, -0.25) is 0 Å². The number of aromatic nitrogens is 3. The maximum absolute atomic E-state index is 12.8. The van der Waals surface area contributed by atoms with Crippen LogP contribution in [0, 0.1) is 6.92 Å². The van der Waals surface area contributed by atoms with Crippen molar-refractivity contribution >= 4 is 0 Å². The van der Waals surface area contributed by atoms with Crippen LogP contribution >= 0.6 is 0 Å². The van der Waals surface area contributed by atoms with Crippen molar-refractivity contribution in [3.63, 3.8) is 0 Å². The third-order valence-corrected chi connectivity index (χ3v) is 5.08. The molecule has 34 heavy (non-hydrogen) atoms. The van der Waals surface area contributed by atoms with Crippen LogP contribution < -0.4 is 16.2 Å². The number of nitrogens with one attached hydrogen (secondary N) is 1. The van der Waals surface area contributed by atoms with Crippen LogP contribution in [0.4, 0.5) is 13.2 Å². The highest BCUT2D eigenvalue weighted by Gasteiger charge is 2.30. The summed E-state index contributed by atoms with van der Waals surface area (Å²) in [6, 6.07) is 12.0. The molecule has 0 amide bonds. The first-order valence-corrected chi connectivity index (χ1v) is 10.3. The van der Waals surface area contributed by atoms with E-state index in [-0.39, 0.29) is 19.0 Å². The minimum Gasteiger partial charge on any atom is -0.487 e. The molecule has 0 atom stereocenters. The topological polar surface area (TPSA) is 103 Å². The molecule has 2 aromatic carbocycles. The number of alkyl halides is 3. The first-order valence-electron chi connectivity index (χ1n) is 10.3. The van der Waals surface area contributed by atoms with Gasteiger partial charge in [-0.1, -0.05) is 12.1 Å². The van der Waals surface area contributed by atoms with Crippen LogP contribution in [0.15, 0.2) is 67.1 Å². The van der Waals surface area contributed by atoms with E-state index in [2.05, 4.69) is 4.98 Å². The Morgan fingerprint density at radius 3 is 2.56 bits per heavy atom. The summed E-state index contributed by atoms with van der Waals surface area (Å²) in [7, 11) is 0. The van der Waals surface area contributed by atoms with Crippen molar-refractivity contribution < 1.29 is 26.8 Å². The average molecular weight is 475 g/mol. The fourth-order valence-corrected chi connectivity index (χ4v) is 3.32.